The van der Waals surface area contributed by atoms with Crippen molar-refractivity contribution >= 4 is 0 Å². The Morgan fingerprint density at radius 2 is 2.00 bits per heavy atom. The molecule has 1 aliphatic carbocycles. The summed E-state index contributed by atoms with van der Waals surface area (Å²) in [5, 5.41) is 0. The molecule has 2 unspecified atom stereocenters. The maximum absolute atomic E-state index is 6.13. The molecule has 2 N–H and O–H groups in total. The van der Waals surface area contributed by atoms with Crippen molar-refractivity contribution in [1.29, 1.82) is 0 Å². The van der Waals surface area contributed by atoms with E-state index in [2.05, 4.69) is 6.92 Å². The zero-order chi connectivity index (χ0) is 10.4. The molecule has 14 heavy (non-hydrogen) atoms. The number of hydrogen-bond donors (Lipinski definition) is 1. The fourth-order valence-corrected chi connectivity index (χ4v) is 2.11. The smallest absolute Gasteiger partial charge is 0.0750 e. The number of rotatable bonds is 8. The van der Waals surface area contributed by atoms with Crippen molar-refractivity contribution in [3.63, 3.8) is 0 Å². The molecule has 1 fully saturated rings. The summed E-state index contributed by atoms with van der Waals surface area (Å²) in [6.07, 6.45) is 9.33. The lowest BCUT2D eigenvalue weighted by atomic mass is 10.0. The molecule has 0 spiro atoms. The Hall–Kier alpha value is -0.0800. The molecule has 1 aliphatic rings. The minimum Gasteiger partial charge on any atom is -0.380 e. The monoisotopic (exact) mass is 199 g/mol. The standard InChI is InChI=1S/C12H25NO/c1-3-4-5-6-7-11(13)12(14-2)10-8-9-10/h10-12H,3-9,13H2,1-2H3. The van der Waals surface area contributed by atoms with E-state index in [1.165, 1.54) is 38.5 Å². The SMILES string of the molecule is CCCCCCC(N)C(OC)C1CC1. The van der Waals surface area contributed by atoms with Crippen LogP contribution in [0.2, 0.25) is 0 Å². The summed E-state index contributed by atoms with van der Waals surface area (Å²) in [6, 6.07) is 0.268. The summed E-state index contributed by atoms with van der Waals surface area (Å²) in [4.78, 5) is 0. The molecule has 0 aliphatic heterocycles. The molecule has 0 amide bonds. The van der Waals surface area contributed by atoms with Crippen LogP contribution in [0.5, 0.6) is 0 Å². The lowest BCUT2D eigenvalue weighted by Gasteiger charge is -2.22. The molecule has 0 saturated heterocycles. The van der Waals surface area contributed by atoms with Crippen LogP contribution in [0.3, 0.4) is 0 Å². The third kappa shape index (κ3) is 3.97. The van der Waals surface area contributed by atoms with E-state index in [1.54, 1.807) is 7.11 Å². The molecule has 84 valence electrons. The Morgan fingerprint density at radius 1 is 1.29 bits per heavy atom. The van der Waals surface area contributed by atoms with Gasteiger partial charge in [-0.25, -0.2) is 0 Å². The van der Waals surface area contributed by atoms with Crippen molar-refractivity contribution in [3.05, 3.63) is 0 Å². The van der Waals surface area contributed by atoms with Crippen molar-refractivity contribution in [2.24, 2.45) is 11.7 Å². The molecule has 0 radical (unpaired) electrons. The summed E-state index contributed by atoms with van der Waals surface area (Å²) in [5.41, 5.74) is 6.13. The molecule has 0 aromatic rings. The van der Waals surface area contributed by atoms with E-state index in [9.17, 15) is 0 Å². The number of unbranched alkanes of at least 4 members (excludes halogenated alkanes) is 3. The molecule has 0 aromatic heterocycles. The second-order valence-electron chi connectivity index (χ2n) is 4.55. The molecular formula is C12H25NO. The first-order valence-corrected chi connectivity index (χ1v) is 6.08. The third-order valence-electron chi connectivity index (χ3n) is 3.17. The van der Waals surface area contributed by atoms with Gasteiger partial charge < -0.3 is 10.5 Å². The zero-order valence-electron chi connectivity index (χ0n) is 9.67. The lowest BCUT2D eigenvalue weighted by molar-refractivity contribution is 0.0595. The molecule has 1 saturated carbocycles. The quantitative estimate of drug-likeness (QED) is 0.610. The van der Waals surface area contributed by atoms with Crippen LogP contribution >= 0.6 is 0 Å². The molecule has 0 aromatic carbocycles. The highest BCUT2D eigenvalue weighted by molar-refractivity contribution is 4.88. The highest BCUT2D eigenvalue weighted by Gasteiger charge is 2.34. The van der Waals surface area contributed by atoms with E-state index in [1.807, 2.05) is 0 Å². The van der Waals surface area contributed by atoms with E-state index >= 15 is 0 Å². The van der Waals surface area contributed by atoms with Gasteiger partial charge in [0.25, 0.3) is 0 Å². The van der Waals surface area contributed by atoms with E-state index in [-0.39, 0.29) is 6.04 Å². The third-order valence-corrected chi connectivity index (χ3v) is 3.17. The van der Waals surface area contributed by atoms with Gasteiger partial charge in [0.1, 0.15) is 0 Å². The Kier molecular flexibility index (Phi) is 5.49. The maximum Gasteiger partial charge on any atom is 0.0750 e. The first kappa shape index (κ1) is 12.0. The Morgan fingerprint density at radius 3 is 2.50 bits per heavy atom. The van der Waals surface area contributed by atoms with E-state index in [4.69, 9.17) is 10.5 Å². The van der Waals surface area contributed by atoms with Crippen LogP contribution in [0.4, 0.5) is 0 Å². The van der Waals surface area contributed by atoms with Gasteiger partial charge in [0.05, 0.1) is 6.10 Å². The van der Waals surface area contributed by atoms with Crippen LogP contribution in [0, 0.1) is 5.92 Å². The summed E-state index contributed by atoms with van der Waals surface area (Å²) in [5.74, 6) is 0.765. The minimum absolute atomic E-state index is 0.268. The maximum atomic E-state index is 6.13. The van der Waals surface area contributed by atoms with Crippen molar-refractivity contribution < 1.29 is 4.74 Å². The van der Waals surface area contributed by atoms with E-state index in [0.717, 1.165) is 12.3 Å². The zero-order valence-corrected chi connectivity index (χ0v) is 9.67. The molecule has 0 heterocycles. The highest BCUT2D eigenvalue weighted by atomic mass is 16.5. The van der Waals surface area contributed by atoms with Crippen LogP contribution in [0.1, 0.15) is 51.9 Å². The van der Waals surface area contributed by atoms with Gasteiger partial charge in [-0.2, -0.15) is 0 Å². The van der Waals surface area contributed by atoms with Crippen LogP contribution < -0.4 is 5.73 Å². The molecule has 1 rings (SSSR count). The van der Waals surface area contributed by atoms with Gasteiger partial charge in [0, 0.05) is 13.2 Å². The molecule has 2 heteroatoms. The van der Waals surface area contributed by atoms with Gasteiger partial charge in [0.15, 0.2) is 0 Å². The largest absolute Gasteiger partial charge is 0.380 e. The van der Waals surface area contributed by atoms with E-state index < -0.39 is 0 Å². The van der Waals surface area contributed by atoms with Gasteiger partial charge in [-0.1, -0.05) is 32.6 Å². The normalized spacial score (nSPS) is 20.8. The molecule has 2 nitrogen and oxygen atoms in total. The summed E-state index contributed by atoms with van der Waals surface area (Å²) >= 11 is 0. The van der Waals surface area contributed by atoms with Gasteiger partial charge in [0.2, 0.25) is 0 Å². The number of nitrogens with two attached hydrogens (primary N) is 1. The predicted molar refractivity (Wildman–Crippen MR) is 60.3 cm³/mol. The van der Waals surface area contributed by atoms with Crippen molar-refractivity contribution in [2.45, 2.75) is 64.0 Å². The van der Waals surface area contributed by atoms with E-state index in [0.29, 0.717) is 6.10 Å². The van der Waals surface area contributed by atoms with Crippen LogP contribution in [0.15, 0.2) is 0 Å². The fraction of sp³-hybridized carbons (Fsp3) is 1.00. The summed E-state index contributed by atoms with van der Waals surface area (Å²) in [6.45, 7) is 2.24. The second kappa shape index (κ2) is 6.41. The van der Waals surface area contributed by atoms with Crippen LogP contribution in [-0.4, -0.2) is 19.3 Å². The number of methoxy groups -OCH3 is 1. The van der Waals surface area contributed by atoms with Gasteiger partial charge >= 0.3 is 0 Å². The Bertz CT molecular complexity index is 145. The topological polar surface area (TPSA) is 35.2 Å². The first-order chi connectivity index (χ1) is 6.79. The van der Waals surface area contributed by atoms with Gasteiger partial charge in [-0.3, -0.25) is 0 Å². The van der Waals surface area contributed by atoms with Gasteiger partial charge in [-0.05, 0) is 25.2 Å². The highest BCUT2D eigenvalue weighted by Crippen LogP contribution is 2.35. The Balaban J connectivity index is 2.08. The van der Waals surface area contributed by atoms with Crippen LogP contribution in [0.25, 0.3) is 0 Å². The lowest BCUT2D eigenvalue weighted by Crippen LogP contribution is -2.37. The Labute approximate surface area is 88.2 Å². The predicted octanol–water partition coefficient (Wildman–Crippen LogP) is 2.71. The summed E-state index contributed by atoms with van der Waals surface area (Å²) < 4.78 is 5.47. The average Bonchev–Trinajstić information content (AvgIpc) is 2.98. The summed E-state index contributed by atoms with van der Waals surface area (Å²) in [7, 11) is 1.80. The van der Waals surface area contributed by atoms with Gasteiger partial charge in [-0.15, -0.1) is 0 Å². The van der Waals surface area contributed by atoms with Crippen molar-refractivity contribution in [1.82, 2.24) is 0 Å². The number of hydrogen-bond acceptors (Lipinski definition) is 2. The van der Waals surface area contributed by atoms with Crippen molar-refractivity contribution in [3.8, 4) is 0 Å². The minimum atomic E-state index is 0.268. The van der Waals surface area contributed by atoms with Crippen molar-refractivity contribution in [2.75, 3.05) is 7.11 Å². The second-order valence-corrected chi connectivity index (χ2v) is 4.55. The molecular weight excluding hydrogens is 174 g/mol. The average molecular weight is 199 g/mol. The first-order valence-electron chi connectivity index (χ1n) is 6.08. The van der Waals surface area contributed by atoms with Crippen LogP contribution in [-0.2, 0) is 4.74 Å². The molecule has 0 bridgehead atoms. The number of ether oxygens (including phenoxy) is 1. The fourth-order valence-electron chi connectivity index (χ4n) is 2.11. The molecule has 2 atom stereocenters.